The first-order chi connectivity index (χ1) is 13.4. The number of ketones is 2. The number of Topliss-reactive ketones (excluding diaryl/α,β-unsaturated/α-hetero) is 2. The van der Waals surface area contributed by atoms with Crippen molar-refractivity contribution in [2.75, 3.05) is 0 Å². The van der Waals surface area contributed by atoms with E-state index in [4.69, 9.17) is 31.9 Å². The van der Waals surface area contributed by atoms with E-state index in [0.29, 0.717) is 0 Å². The number of hydrogen-bond donors (Lipinski definition) is 8. The van der Waals surface area contributed by atoms with E-state index in [1.807, 2.05) is 0 Å². The molecule has 0 aliphatic carbocycles. The summed E-state index contributed by atoms with van der Waals surface area (Å²) in [5.41, 5.74) is 2.53. The van der Waals surface area contributed by atoms with E-state index in [0.717, 1.165) is 0 Å². The van der Waals surface area contributed by atoms with Gasteiger partial charge in [-0.1, -0.05) is 6.92 Å². The van der Waals surface area contributed by atoms with Crippen LogP contribution in [-0.2, 0) is 28.8 Å². The van der Waals surface area contributed by atoms with Crippen molar-refractivity contribution in [1.29, 1.82) is 0 Å². The lowest BCUT2D eigenvalue weighted by Crippen LogP contribution is -2.65. The predicted octanol–water partition coefficient (Wildman–Crippen LogP) is -2.87. The Kier molecular flexibility index (Phi) is 8.76. The molecule has 30 heavy (non-hydrogen) atoms. The number of carbonyl (C=O) groups is 6. The number of carboxylic acids is 4. The molecule has 0 rings (SSSR count). The quantitative estimate of drug-likeness (QED) is 0.127. The maximum Gasteiger partial charge on any atom is 0.336 e. The van der Waals surface area contributed by atoms with Crippen LogP contribution >= 0.6 is 0 Å². The summed E-state index contributed by atoms with van der Waals surface area (Å²) in [5, 5.41) is 55.5. The third-order valence-electron chi connectivity index (χ3n) is 4.46. The van der Waals surface area contributed by atoms with Crippen LogP contribution in [0.15, 0.2) is 0 Å². The molecule has 170 valence electrons. The second-order valence-electron chi connectivity index (χ2n) is 6.95. The molecular formula is C16H24N2O12. The highest BCUT2D eigenvalue weighted by Gasteiger charge is 2.50. The van der Waals surface area contributed by atoms with Crippen LogP contribution in [-0.4, -0.2) is 82.9 Å². The molecule has 3 atom stereocenters. The van der Waals surface area contributed by atoms with E-state index in [9.17, 15) is 39.0 Å². The number of carboxylic acid groups (broad SMARTS) is 4. The van der Waals surface area contributed by atoms with Crippen molar-refractivity contribution < 1.29 is 59.4 Å². The third kappa shape index (κ3) is 6.55. The minimum atomic E-state index is -3.08. The van der Waals surface area contributed by atoms with Crippen molar-refractivity contribution in [1.82, 2.24) is 0 Å². The van der Waals surface area contributed by atoms with Crippen molar-refractivity contribution in [2.24, 2.45) is 17.4 Å². The molecule has 0 bridgehead atoms. The summed E-state index contributed by atoms with van der Waals surface area (Å²) in [6.07, 6.45) is -5.71. The van der Waals surface area contributed by atoms with E-state index in [-0.39, 0.29) is 6.42 Å². The lowest BCUT2D eigenvalue weighted by molar-refractivity contribution is -0.169. The second kappa shape index (κ2) is 9.71. The van der Waals surface area contributed by atoms with Crippen molar-refractivity contribution in [3.63, 3.8) is 0 Å². The van der Waals surface area contributed by atoms with Gasteiger partial charge in [0.2, 0.25) is 0 Å². The highest BCUT2D eigenvalue weighted by atomic mass is 16.4. The number of rotatable bonds is 14. The van der Waals surface area contributed by atoms with Gasteiger partial charge < -0.3 is 42.1 Å². The first-order valence-electron chi connectivity index (χ1n) is 8.41. The zero-order valence-corrected chi connectivity index (χ0v) is 15.9. The predicted molar refractivity (Wildman–Crippen MR) is 93.8 cm³/mol. The largest absolute Gasteiger partial charge is 0.481 e. The van der Waals surface area contributed by atoms with Crippen LogP contribution in [0.1, 0.15) is 39.0 Å². The molecular weight excluding hydrogens is 412 g/mol. The first kappa shape index (κ1) is 27.1. The molecule has 0 amide bonds. The highest BCUT2D eigenvalue weighted by Crippen LogP contribution is 2.27. The van der Waals surface area contributed by atoms with Gasteiger partial charge in [0.25, 0.3) is 0 Å². The van der Waals surface area contributed by atoms with Crippen LogP contribution in [0.5, 0.6) is 0 Å². The van der Waals surface area contributed by atoms with E-state index >= 15 is 0 Å². The molecule has 0 aromatic heterocycles. The SMILES string of the molecule is CCC(C(=O)CC(O)(CC(=O)O)C(=O)O)C(N)(N)C(=O)CC(O)(CC(=O)O)C(=O)O. The molecule has 0 spiro atoms. The first-order valence-corrected chi connectivity index (χ1v) is 8.41. The fourth-order valence-corrected chi connectivity index (χ4v) is 2.78. The molecule has 0 radical (unpaired) electrons. The normalized spacial score (nSPS) is 16.6. The summed E-state index contributed by atoms with van der Waals surface area (Å²) in [6, 6.07) is 0. The summed E-state index contributed by atoms with van der Waals surface area (Å²) in [6.45, 7) is 1.29. The Bertz CT molecular complexity index is 749. The Morgan fingerprint density at radius 2 is 1.10 bits per heavy atom. The summed E-state index contributed by atoms with van der Waals surface area (Å²) in [4.78, 5) is 68.9. The van der Waals surface area contributed by atoms with E-state index < -0.39 is 83.9 Å². The van der Waals surface area contributed by atoms with Crippen molar-refractivity contribution >= 4 is 35.4 Å². The number of nitrogens with two attached hydrogens (primary N) is 2. The van der Waals surface area contributed by atoms with Crippen molar-refractivity contribution in [3.05, 3.63) is 0 Å². The number of hydrogen-bond acceptors (Lipinski definition) is 10. The maximum absolute atomic E-state index is 12.5. The summed E-state index contributed by atoms with van der Waals surface area (Å²) in [5.74, 6) is -11.9. The molecule has 10 N–H and O–H groups in total. The lowest BCUT2D eigenvalue weighted by atomic mass is 9.77. The lowest BCUT2D eigenvalue weighted by Gasteiger charge is -2.34. The summed E-state index contributed by atoms with van der Waals surface area (Å²) < 4.78 is 0. The van der Waals surface area contributed by atoms with Crippen LogP contribution < -0.4 is 11.5 Å². The molecule has 14 heteroatoms. The van der Waals surface area contributed by atoms with E-state index in [2.05, 4.69) is 0 Å². The van der Waals surface area contributed by atoms with Gasteiger partial charge in [0.1, 0.15) is 11.4 Å². The Morgan fingerprint density at radius 1 is 0.733 bits per heavy atom. The van der Waals surface area contributed by atoms with Gasteiger partial charge in [0, 0.05) is 12.8 Å². The second-order valence-corrected chi connectivity index (χ2v) is 6.95. The molecule has 0 heterocycles. The molecule has 0 aliphatic rings. The van der Waals surface area contributed by atoms with Gasteiger partial charge in [-0.25, -0.2) is 9.59 Å². The Labute approximate surface area is 169 Å². The zero-order valence-electron chi connectivity index (χ0n) is 15.9. The maximum atomic E-state index is 12.5. The highest BCUT2D eigenvalue weighted by molar-refractivity contribution is 6.00. The Balaban J connectivity index is 5.80. The topological polar surface area (TPSA) is 276 Å². The molecule has 0 saturated carbocycles. The van der Waals surface area contributed by atoms with E-state index in [1.165, 1.54) is 6.92 Å². The third-order valence-corrected chi connectivity index (χ3v) is 4.46. The molecule has 0 fully saturated rings. The molecule has 0 aromatic rings. The van der Waals surface area contributed by atoms with Crippen molar-refractivity contribution in [3.8, 4) is 0 Å². The smallest absolute Gasteiger partial charge is 0.336 e. The standard InChI is InChI=1S/C16H24N2O12/c1-2-7(8(19)3-14(29,12(25)26)5-10(21)22)16(17,18)9(20)4-15(30,13(27)28)6-11(23)24/h7,29-30H,2-6,17-18H2,1H3,(H,21,22)(H,23,24)(H,25,26)(H,27,28). The van der Waals surface area contributed by atoms with Gasteiger partial charge in [-0.05, 0) is 6.42 Å². The zero-order chi connectivity index (χ0) is 24.1. The number of carbonyl (C=O) groups excluding carboxylic acids is 2. The summed E-state index contributed by atoms with van der Waals surface area (Å²) >= 11 is 0. The van der Waals surface area contributed by atoms with Gasteiger partial charge in [-0.15, -0.1) is 0 Å². The minimum Gasteiger partial charge on any atom is -0.481 e. The van der Waals surface area contributed by atoms with Crippen LogP contribution in [0.4, 0.5) is 0 Å². The summed E-state index contributed by atoms with van der Waals surface area (Å²) in [7, 11) is 0. The van der Waals surface area contributed by atoms with Gasteiger partial charge in [-0.3, -0.25) is 19.2 Å². The van der Waals surface area contributed by atoms with Crippen LogP contribution in [0, 0.1) is 5.92 Å². The average Bonchev–Trinajstić information content (AvgIpc) is 2.52. The molecule has 14 nitrogen and oxygen atoms in total. The monoisotopic (exact) mass is 436 g/mol. The average molecular weight is 436 g/mol. The fraction of sp³-hybridized carbons (Fsp3) is 0.625. The molecule has 3 unspecified atom stereocenters. The van der Waals surface area contributed by atoms with Gasteiger partial charge in [0.05, 0.1) is 18.8 Å². The Morgan fingerprint density at radius 3 is 1.40 bits per heavy atom. The van der Waals surface area contributed by atoms with Crippen LogP contribution in [0.2, 0.25) is 0 Å². The number of aliphatic carboxylic acids is 4. The molecule has 0 aromatic carbocycles. The minimum absolute atomic E-state index is 0.315. The van der Waals surface area contributed by atoms with Gasteiger partial charge >= 0.3 is 23.9 Å². The molecule has 0 saturated heterocycles. The fourth-order valence-electron chi connectivity index (χ4n) is 2.78. The van der Waals surface area contributed by atoms with E-state index in [1.54, 1.807) is 0 Å². The molecule has 0 aliphatic heterocycles. The van der Waals surface area contributed by atoms with Gasteiger partial charge in [0.15, 0.2) is 17.0 Å². The van der Waals surface area contributed by atoms with Crippen molar-refractivity contribution in [2.45, 2.75) is 55.9 Å². The Hall–Kier alpha value is -2.94. The number of aliphatic hydroxyl groups is 2. The van der Waals surface area contributed by atoms with Crippen LogP contribution in [0.3, 0.4) is 0 Å². The van der Waals surface area contributed by atoms with Crippen LogP contribution in [0.25, 0.3) is 0 Å². The van der Waals surface area contributed by atoms with Gasteiger partial charge in [-0.2, -0.15) is 0 Å².